The third kappa shape index (κ3) is 1.65. The van der Waals surface area contributed by atoms with Gasteiger partial charge in [0.1, 0.15) is 0 Å². The van der Waals surface area contributed by atoms with Crippen LogP contribution in [0.25, 0.3) is 0 Å². The first-order valence-corrected chi connectivity index (χ1v) is 5.63. The molecule has 0 bridgehead atoms. The molecule has 1 nitrogen and oxygen atoms in total. The summed E-state index contributed by atoms with van der Waals surface area (Å²) in [5, 5.41) is 3.51. The van der Waals surface area contributed by atoms with E-state index in [1.54, 1.807) is 0 Å². The minimum atomic E-state index is 0.581. The molecule has 1 atom stereocenters. The van der Waals surface area contributed by atoms with Crippen LogP contribution >= 0.6 is 15.9 Å². The van der Waals surface area contributed by atoms with Gasteiger partial charge in [0.25, 0.3) is 0 Å². The highest BCUT2D eigenvalue weighted by atomic mass is 79.9. The van der Waals surface area contributed by atoms with Crippen LogP contribution in [0.1, 0.15) is 30.5 Å². The second kappa shape index (κ2) is 3.81. The molecule has 0 aliphatic heterocycles. The van der Waals surface area contributed by atoms with Gasteiger partial charge < -0.3 is 5.32 Å². The summed E-state index contributed by atoms with van der Waals surface area (Å²) >= 11 is 3.60. The fraction of sp³-hybridized carbons (Fsp3) is 0.455. The first-order valence-electron chi connectivity index (χ1n) is 4.83. The molecule has 1 N–H and O–H groups in total. The summed E-state index contributed by atoms with van der Waals surface area (Å²) in [7, 11) is 0. The van der Waals surface area contributed by atoms with E-state index in [2.05, 4.69) is 46.4 Å². The SMILES string of the molecule is CCNC1CCc2c(Br)cccc21. The largest absolute Gasteiger partial charge is 0.310 e. The quantitative estimate of drug-likeness (QED) is 0.837. The zero-order valence-corrected chi connectivity index (χ0v) is 9.39. The maximum absolute atomic E-state index is 3.60. The maximum Gasteiger partial charge on any atom is 0.0326 e. The number of rotatable bonds is 2. The second-order valence-corrected chi connectivity index (χ2v) is 4.31. The Morgan fingerprint density at radius 1 is 1.54 bits per heavy atom. The molecule has 0 amide bonds. The van der Waals surface area contributed by atoms with E-state index in [-0.39, 0.29) is 0 Å². The van der Waals surface area contributed by atoms with Crippen molar-refractivity contribution in [3.05, 3.63) is 33.8 Å². The Morgan fingerprint density at radius 3 is 3.15 bits per heavy atom. The van der Waals surface area contributed by atoms with Crippen molar-refractivity contribution in [3.8, 4) is 0 Å². The molecule has 0 saturated heterocycles. The summed E-state index contributed by atoms with van der Waals surface area (Å²) in [6.07, 6.45) is 2.44. The second-order valence-electron chi connectivity index (χ2n) is 3.46. The fourth-order valence-electron chi connectivity index (χ4n) is 2.07. The van der Waals surface area contributed by atoms with E-state index >= 15 is 0 Å². The Morgan fingerprint density at radius 2 is 2.38 bits per heavy atom. The lowest BCUT2D eigenvalue weighted by Crippen LogP contribution is -2.18. The van der Waals surface area contributed by atoms with Gasteiger partial charge in [-0.3, -0.25) is 0 Å². The molecule has 1 aliphatic carbocycles. The van der Waals surface area contributed by atoms with Crippen molar-refractivity contribution in [1.82, 2.24) is 5.32 Å². The van der Waals surface area contributed by atoms with Crippen LogP contribution in [0.3, 0.4) is 0 Å². The summed E-state index contributed by atoms with van der Waals surface area (Å²) in [4.78, 5) is 0. The molecule has 2 heteroatoms. The lowest BCUT2D eigenvalue weighted by atomic mass is 10.1. The maximum atomic E-state index is 3.60. The molecule has 1 aliphatic rings. The zero-order chi connectivity index (χ0) is 9.26. The van der Waals surface area contributed by atoms with Crippen LogP contribution in [0.15, 0.2) is 22.7 Å². The van der Waals surface area contributed by atoms with Crippen LogP contribution in [0.4, 0.5) is 0 Å². The minimum Gasteiger partial charge on any atom is -0.310 e. The normalized spacial score (nSPS) is 20.3. The monoisotopic (exact) mass is 239 g/mol. The molecule has 70 valence electrons. The van der Waals surface area contributed by atoms with Gasteiger partial charge in [-0.05, 0) is 36.6 Å². The molecule has 2 rings (SSSR count). The molecule has 0 radical (unpaired) electrons. The summed E-state index contributed by atoms with van der Waals surface area (Å²) in [5.41, 5.74) is 2.98. The van der Waals surface area contributed by atoms with E-state index in [0.717, 1.165) is 6.54 Å². The predicted octanol–water partition coefficient (Wildman–Crippen LogP) is 3.05. The van der Waals surface area contributed by atoms with Gasteiger partial charge in [-0.1, -0.05) is 35.0 Å². The van der Waals surface area contributed by atoms with Crippen LogP contribution in [0.5, 0.6) is 0 Å². The molecule has 1 unspecified atom stereocenters. The third-order valence-electron chi connectivity index (χ3n) is 2.66. The number of benzene rings is 1. The summed E-state index contributed by atoms with van der Waals surface area (Å²) in [6.45, 7) is 3.21. The lowest BCUT2D eigenvalue weighted by molar-refractivity contribution is 0.549. The Labute approximate surface area is 87.7 Å². The third-order valence-corrected chi connectivity index (χ3v) is 3.41. The molecule has 13 heavy (non-hydrogen) atoms. The van der Waals surface area contributed by atoms with Crippen LogP contribution in [0, 0.1) is 0 Å². The lowest BCUT2D eigenvalue weighted by Gasteiger charge is -2.11. The highest BCUT2D eigenvalue weighted by Gasteiger charge is 2.22. The van der Waals surface area contributed by atoms with Gasteiger partial charge in [-0.2, -0.15) is 0 Å². The average molecular weight is 240 g/mol. The molecule has 0 fully saturated rings. The molecule has 1 aromatic rings. The molecule has 0 spiro atoms. The van der Waals surface area contributed by atoms with Crippen molar-refractivity contribution >= 4 is 15.9 Å². The van der Waals surface area contributed by atoms with Crippen molar-refractivity contribution in [3.63, 3.8) is 0 Å². The fourth-order valence-corrected chi connectivity index (χ4v) is 2.65. The smallest absolute Gasteiger partial charge is 0.0326 e. The van der Waals surface area contributed by atoms with Gasteiger partial charge in [0.2, 0.25) is 0 Å². The Balaban J connectivity index is 2.32. The first-order chi connectivity index (χ1) is 6.33. The van der Waals surface area contributed by atoms with Gasteiger partial charge in [-0.15, -0.1) is 0 Å². The molecular weight excluding hydrogens is 226 g/mol. The molecule has 0 heterocycles. The van der Waals surface area contributed by atoms with Crippen LogP contribution < -0.4 is 5.32 Å². The molecule has 1 aromatic carbocycles. The average Bonchev–Trinajstić information content (AvgIpc) is 2.51. The van der Waals surface area contributed by atoms with E-state index in [1.807, 2.05) is 0 Å². The first kappa shape index (κ1) is 9.22. The van der Waals surface area contributed by atoms with Crippen molar-refractivity contribution in [1.29, 1.82) is 0 Å². The van der Waals surface area contributed by atoms with E-state index in [4.69, 9.17) is 0 Å². The number of hydrogen-bond donors (Lipinski definition) is 1. The van der Waals surface area contributed by atoms with E-state index in [9.17, 15) is 0 Å². The van der Waals surface area contributed by atoms with Crippen molar-refractivity contribution in [2.24, 2.45) is 0 Å². The van der Waals surface area contributed by atoms with Crippen LogP contribution in [0.2, 0.25) is 0 Å². The van der Waals surface area contributed by atoms with Gasteiger partial charge >= 0.3 is 0 Å². The highest BCUT2D eigenvalue weighted by Crippen LogP contribution is 2.35. The van der Waals surface area contributed by atoms with Crippen LogP contribution in [-0.4, -0.2) is 6.54 Å². The molecule has 0 aromatic heterocycles. The summed E-state index contributed by atoms with van der Waals surface area (Å²) < 4.78 is 1.27. The number of fused-ring (bicyclic) bond motifs is 1. The zero-order valence-electron chi connectivity index (χ0n) is 7.81. The standard InChI is InChI=1S/C11H14BrN/c1-2-13-11-7-6-8-9(11)4-3-5-10(8)12/h3-5,11,13H,2,6-7H2,1H3. The van der Waals surface area contributed by atoms with Gasteiger partial charge in [0.15, 0.2) is 0 Å². The minimum absolute atomic E-state index is 0.581. The Kier molecular flexibility index (Phi) is 2.70. The van der Waals surface area contributed by atoms with Crippen molar-refractivity contribution in [2.45, 2.75) is 25.8 Å². The van der Waals surface area contributed by atoms with Gasteiger partial charge in [0.05, 0.1) is 0 Å². The molecule has 0 saturated carbocycles. The summed E-state index contributed by atoms with van der Waals surface area (Å²) in [6, 6.07) is 7.07. The number of nitrogens with one attached hydrogen (secondary N) is 1. The Hall–Kier alpha value is -0.340. The van der Waals surface area contributed by atoms with Gasteiger partial charge in [-0.25, -0.2) is 0 Å². The van der Waals surface area contributed by atoms with Crippen molar-refractivity contribution in [2.75, 3.05) is 6.54 Å². The number of hydrogen-bond acceptors (Lipinski definition) is 1. The number of halogens is 1. The van der Waals surface area contributed by atoms with E-state index < -0.39 is 0 Å². The Bertz CT molecular complexity index is 309. The summed E-state index contributed by atoms with van der Waals surface area (Å²) in [5.74, 6) is 0. The van der Waals surface area contributed by atoms with Gasteiger partial charge in [0, 0.05) is 10.5 Å². The molecular formula is C11H14BrN. The van der Waals surface area contributed by atoms with Crippen molar-refractivity contribution < 1.29 is 0 Å². The van der Waals surface area contributed by atoms with Crippen LogP contribution in [-0.2, 0) is 6.42 Å². The highest BCUT2D eigenvalue weighted by molar-refractivity contribution is 9.10. The van der Waals surface area contributed by atoms with E-state index in [0.29, 0.717) is 6.04 Å². The predicted molar refractivity (Wildman–Crippen MR) is 58.9 cm³/mol. The topological polar surface area (TPSA) is 12.0 Å². The van der Waals surface area contributed by atoms with E-state index in [1.165, 1.54) is 28.4 Å².